The van der Waals surface area contributed by atoms with Gasteiger partial charge in [0, 0.05) is 64.3 Å². The SMILES string of the molecule is C=C1/C=C\N(c2ccc(OC3CCN(c4nc(C(C)C)no4)CC3)cn2)C/C=C\C(C(=O)N(C)C)=C/1. The van der Waals surface area contributed by atoms with Gasteiger partial charge in [0.05, 0.1) is 6.20 Å². The molecule has 0 aliphatic carbocycles. The minimum absolute atomic E-state index is 0.0582. The third-order valence-corrected chi connectivity index (χ3v) is 6.04. The van der Waals surface area contributed by atoms with E-state index in [0.29, 0.717) is 18.1 Å². The average molecular weight is 491 g/mol. The van der Waals surface area contributed by atoms with Crippen LogP contribution in [0.4, 0.5) is 11.8 Å². The van der Waals surface area contributed by atoms with Crippen LogP contribution in [0.2, 0.25) is 0 Å². The Morgan fingerprint density at radius 1 is 1.22 bits per heavy atom. The van der Waals surface area contributed by atoms with Crippen molar-refractivity contribution in [3.05, 3.63) is 72.4 Å². The molecular weight excluding hydrogens is 456 g/mol. The van der Waals surface area contributed by atoms with Gasteiger partial charge in [-0.25, -0.2) is 4.98 Å². The third-order valence-electron chi connectivity index (χ3n) is 6.04. The smallest absolute Gasteiger partial charge is 0.324 e. The summed E-state index contributed by atoms with van der Waals surface area (Å²) in [4.78, 5) is 27.2. The molecule has 9 nitrogen and oxygen atoms in total. The Labute approximate surface area is 212 Å². The standard InChI is InChI=1S/C27H34N6O3/c1-19(2)25-29-27(36-30-25)33-15-11-22(12-16-33)35-23-8-9-24(28-18-23)32-13-6-7-21(26(34)31(4)5)17-20(3)10-14-32/h6-10,14,17-19,22H,3,11-13,15-16H2,1-2,4-5H3/b7-6-,14-10-,21-17+. The Bertz CT molecular complexity index is 1150. The fourth-order valence-corrected chi connectivity index (χ4v) is 3.96. The molecule has 9 heteroatoms. The van der Waals surface area contributed by atoms with Gasteiger partial charge < -0.3 is 24.0 Å². The molecule has 2 aromatic rings. The van der Waals surface area contributed by atoms with Crippen LogP contribution in [0.1, 0.15) is 38.4 Å². The first-order valence-corrected chi connectivity index (χ1v) is 12.2. The van der Waals surface area contributed by atoms with Crippen molar-refractivity contribution >= 4 is 17.7 Å². The summed E-state index contributed by atoms with van der Waals surface area (Å²) in [5.41, 5.74) is 1.34. The van der Waals surface area contributed by atoms with Gasteiger partial charge >= 0.3 is 6.01 Å². The lowest BCUT2D eigenvalue weighted by molar-refractivity contribution is -0.124. The molecule has 0 atom stereocenters. The number of pyridine rings is 1. The lowest BCUT2D eigenvalue weighted by Crippen LogP contribution is -2.38. The Hall–Kier alpha value is -3.88. The maximum absolute atomic E-state index is 12.4. The molecule has 4 rings (SSSR count). The topological polar surface area (TPSA) is 87.8 Å². The quantitative estimate of drug-likeness (QED) is 0.598. The van der Waals surface area contributed by atoms with Crippen molar-refractivity contribution in [2.45, 2.75) is 38.7 Å². The van der Waals surface area contributed by atoms with Crippen molar-refractivity contribution in [3.63, 3.8) is 0 Å². The summed E-state index contributed by atoms with van der Waals surface area (Å²) in [5, 5.41) is 4.06. The maximum atomic E-state index is 12.4. The molecule has 0 aromatic carbocycles. The molecule has 0 bridgehead atoms. The van der Waals surface area contributed by atoms with Crippen molar-refractivity contribution in [1.29, 1.82) is 0 Å². The predicted molar refractivity (Wildman–Crippen MR) is 140 cm³/mol. The second-order valence-electron chi connectivity index (χ2n) is 9.49. The lowest BCUT2D eigenvalue weighted by atomic mass is 10.1. The zero-order valence-corrected chi connectivity index (χ0v) is 21.4. The molecule has 2 aliphatic heterocycles. The number of piperidine rings is 1. The largest absolute Gasteiger partial charge is 0.489 e. The summed E-state index contributed by atoms with van der Waals surface area (Å²) in [6.45, 7) is 10.3. The monoisotopic (exact) mass is 490 g/mol. The molecule has 0 unspecified atom stereocenters. The molecule has 0 N–H and O–H groups in total. The van der Waals surface area contributed by atoms with E-state index in [-0.39, 0.29) is 17.9 Å². The van der Waals surface area contributed by atoms with Gasteiger partial charge in [-0.15, -0.1) is 0 Å². The summed E-state index contributed by atoms with van der Waals surface area (Å²) in [6.07, 6.45) is 13.0. The van der Waals surface area contributed by atoms with Crippen molar-refractivity contribution in [1.82, 2.24) is 20.0 Å². The first kappa shape index (κ1) is 25.2. The fourth-order valence-electron chi connectivity index (χ4n) is 3.96. The predicted octanol–water partition coefficient (Wildman–Crippen LogP) is 4.10. The highest BCUT2D eigenvalue weighted by Crippen LogP contribution is 2.24. The molecule has 36 heavy (non-hydrogen) atoms. The Morgan fingerprint density at radius 2 is 2.00 bits per heavy atom. The van der Waals surface area contributed by atoms with Crippen LogP contribution in [0.5, 0.6) is 5.75 Å². The van der Waals surface area contributed by atoms with Crippen molar-refractivity contribution in [2.24, 2.45) is 0 Å². The number of aromatic nitrogens is 3. The van der Waals surface area contributed by atoms with Gasteiger partial charge in [0.15, 0.2) is 5.82 Å². The van der Waals surface area contributed by atoms with Crippen LogP contribution in [0, 0.1) is 0 Å². The third kappa shape index (κ3) is 6.21. The van der Waals surface area contributed by atoms with E-state index >= 15 is 0 Å². The maximum Gasteiger partial charge on any atom is 0.324 e. The number of allylic oxidation sites excluding steroid dienone is 3. The van der Waals surface area contributed by atoms with Gasteiger partial charge in [-0.3, -0.25) is 4.79 Å². The van der Waals surface area contributed by atoms with Crippen molar-refractivity contribution < 1.29 is 14.1 Å². The number of carbonyl (C=O) groups excluding carboxylic acids is 1. The number of hydrogen-bond acceptors (Lipinski definition) is 8. The summed E-state index contributed by atoms with van der Waals surface area (Å²) < 4.78 is 11.6. The van der Waals surface area contributed by atoms with Gasteiger partial charge in [0.2, 0.25) is 0 Å². The second-order valence-corrected chi connectivity index (χ2v) is 9.49. The van der Waals surface area contributed by atoms with Crippen LogP contribution < -0.4 is 14.5 Å². The molecule has 2 aliphatic rings. The first-order valence-electron chi connectivity index (χ1n) is 12.2. The van der Waals surface area contributed by atoms with E-state index in [0.717, 1.165) is 48.9 Å². The second kappa shape index (κ2) is 11.2. The number of amides is 1. The molecule has 1 fully saturated rings. The number of likely N-dealkylation sites (N-methyl/N-ethyl adjacent to an activating group) is 1. The number of rotatable bonds is 6. The van der Waals surface area contributed by atoms with Gasteiger partial charge in [0.1, 0.15) is 17.7 Å². The molecule has 0 radical (unpaired) electrons. The van der Waals surface area contributed by atoms with Crippen LogP contribution >= 0.6 is 0 Å². The molecule has 2 aromatic heterocycles. The minimum Gasteiger partial charge on any atom is -0.489 e. The molecule has 0 saturated carbocycles. The van der Waals surface area contributed by atoms with E-state index in [2.05, 4.69) is 40.5 Å². The van der Waals surface area contributed by atoms with Crippen LogP contribution in [0.25, 0.3) is 0 Å². The van der Waals surface area contributed by atoms with Crippen LogP contribution in [0.15, 0.2) is 71.1 Å². The highest BCUT2D eigenvalue weighted by atomic mass is 16.5. The summed E-state index contributed by atoms with van der Waals surface area (Å²) >= 11 is 0. The molecule has 1 saturated heterocycles. The van der Waals surface area contributed by atoms with Crippen LogP contribution in [-0.4, -0.2) is 65.8 Å². The average Bonchev–Trinajstić information content (AvgIpc) is 3.39. The van der Waals surface area contributed by atoms with Crippen molar-refractivity contribution in [2.75, 3.05) is 43.5 Å². The number of carbonyl (C=O) groups is 1. The van der Waals surface area contributed by atoms with E-state index in [4.69, 9.17) is 9.26 Å². The normalized spacial score (nSPS) is 20.2. The summed E-state index contributed by atoms with van der Waals surface area (Å²) in [5.74, 6) is 2.45. The number of hydrogen-bond donors (Lipinski definition) is 0. The molecule has 1 amide bonds. The zero-order chi connectivity index (χ0) is 25.7. The van der Waals surface area contributed by atoms with Crippen LogP contribution in [-0.2, 0) is 4.79 Å². The van der Waals surface area contributed by atoms with E-state index < -0.39 is 0 Å². The summed E-state index contributed by atoms with van der Waals surface area (Å²) in [6, 6.07) is 4.47. The van der Waals surface area contributed by atoms with Gasteiger partial charge in [-0.2, -0.15) is 4.98 Å². The van der Waals surface area contributed by atoms with Crippen LogP contribution in [0.3, 0.4) is 0 Å². The van der Waals surface area contributed by atoms with E-state index in [1.165, 1.54) is 0 Å². The summed E-state index contributed by atoms with van der Waals surface area (Å²) in [7, 11) is 3.48. The number of ether oxygens (including phenoxy) is 1. The lowest BCUT2D eigenvalue weighted by Gasteiger charge is -2.30. The van der Waals surface area contributed by atoms with E-state index in [9.17, 15) is 4.79 Å². The Kier molecular flexibility index (Phi) is 7.87. The molecule has 0 spiro atoms. The van der Waals surface area contributed by atoms with Gasteiger partial charge in [-0.05, 0) is 29.9 Å². The Morgan fingerprint density at radius 3 is 2.64 bits per heavy atom. The first-order chi connectivity index (χ1) is 17.3. The molecule has 4 heterocycles. The highest BCUT2D eigenvalue weighted by molar-refractivity contribution is 5.96. The van der Waals surface area contributed by atoms with Crippen molar-refractivity contribution in [3.8, 4) is 5.75 Å². The fraction of sp³-hybridized carbons (Fsp3) is 0.407. The van der Waals surface area contributed by atoms with E-state index in [1.54, 1.807) is 31.3 Å². The molecular formula is C27H34N6O3. The molecule has 190 valence electrons. The zero-order valence-electron chi connectivity index (χ0n) is 21.4. The number of anilines is 2. The minimum atomic E-state index is -0.0582. The highest BCUT2D eigenvalue weighted by Gasteiger charge is 2.25. The number of nitrogens with zero attached hydrogens (tertiary/aromatic N) is 6. The van der Waals surface area contributed by atoms with Gasteiger partial charge in [-0.1, -0.05) is 37.7 Å². The Balaban J connectivity index is 1.33. The van der Waals surface area contributed by atoms with E-state index in [1.807, 2.05) is 41.5 Å². The van der Waals surface area contributed by atoms with Gasteiger partial charge in [0.25, 0.3) is 5.91 Å².